The van der Waals surface area contributed by atoms with Crippen LogP contribution in [0.15, 0.2) is 53.9 Å². The van der Waals surface area contributed by atoms with E-state index < -0.39 is 0 Å². The number of benzene rings is 2. The molecule has 212 valence electrons. The maximum atomic E-state index is 13.1. The average Bonchev–Trinajstić information content (AvgIpc) is 3.35. The van der Waals surface area contributed by atoms with Gasteiger partial charge < -0.3 is 15.1 Å². The Morgan fingerprint density at radius 3 is 2.45 bits per heavy atom. The molecule has 11 heteroatoms. The molecule has 3 aromatic rings. The first-order chi connectivity index (χ1) is 19.2. The predicted octanol–water partition coefficient (Wildman–Crippen LogP) is 5.07. The molecule has 0 bridgehead atoms. The summed E-state index contributed by atoms with van der Waals surface area (Å²) in [4.78, 5) is 49.0. The number of thiazole rings is 1. The Hall–Kier alpha value is -2.98. The van der Waals surface area contributed by atoms with Crippen molar-refractivity contribution in [2.75, 3.05) is 44.6 Å². The van der Waals surface area contributed by atoms with Crippen LogP contribution < -0.4 is 5.32 Å². The summed E-state index contributed by atoms with van der Waals surface area (Å²) in [6, 6.07) is 15.0. The number of aromatic nitrogens is 1. The first-order valence-electron chi connectivity index (χ1n) is 13.2. The Balaban J connectivity index is 1.28. The SMILES string of the molecule is CC(C)CN(CC(=O)Nc1nc(CC(=O)N2CCN(Cc3ccccc3)CC2)cs1)C(=O)c1ccc(Cl)cc1Cl. The summed E-state index contributed by atoms with van der Waals surface area (Å²) in [6.45, 7) is 8.04. The molecule has 0 atom stereocenters. The number of carbonyl (C=O) groups excluding carboxylic acids is 3. The Bertz CT molecular complexity index is 1330. The summed E-state index contributed by atoms with van der Waals surface area (Å²) in [5.41, 5.74) is 2.17. The van der Waals surface area contributed by atoms with Crippen molar-refractivity contribution < 1.29 is 14.4 Å². The van der Waals surface area contributed by atoms with Gasteiger partial charge in [0.05, 0.1) is 22.7 Å². The second-order valence-corrected chi connectivity index (χ2v) is 11.9. The molecule has 1 N–H and O–H groups in total. The number of hydrogen-bond donors (Lipinski definition) is 1. The monoisotopic (exact) mass is 601 g/mol. The second kappa shape index (κ2) is 14.1. The minimum atomic E-state index is -0.374. The molecular formula is C29H33Cl2N5O3S. The van der Waals surface area contributed by atoms with Gasteiger partial charge in [-0.1, -0.05) is 67.4 Å². The van der Waals surface area contributed by atoms with Crippen LogP contribution in [0.25, 0.3) is 0 Å². The van der Waals surface area contributed by atoms with Crippen LogP contribution in [0.4, 0.5) is 5.13 Å². The van der Waals surface area contributed by atoms with E-state index in [0.29, 0.717) is 35.5 Å². The van der Waals surface area contributed by atoms with E-state index in [0.717, 1.165) is 19.6 Å². The Labute approximate surface area is 248 Å². The highest BCUT2D eigenvalue weighted by molar-refractivity contribution is 7.13. The molecular weight excluding hydrogens is 569 g/mol. The van der Waals surface area contributed by atoms with Gasteiger partial charge in [0.25, 0.3) is 5.91 Å². The lowest BCUT2D eigenvalue weighted by Gasteiger charge is -2.34. The molecule has 2 heterocycles. The van der Waals surface area contributed by atoms with Crippen LogP contribution in [-0.4, -0.2) is 76.7 Å². The van der Waals surface area contributed by atoms with Gasteiger partial charge in [0, 0.05) is 49.7 Å². The van der Waals surface area contributed by atoms with Crippen LogP contribution in [0.3, 0.4) is 0 Å². The van der Waals surface area contributed by atoms with Crippen molar-refractivity contribution in [2.45, 2.75) is 26.8 Å². The zero-order valence-electron chi connectivity index (χ0n) is 22.6. The van der Waals surface area contributed by atoms with Crippen molar-refractivity contribution in [2.24, 2.45) is 5.92 Å². The Morgan fingerprint density at radius 1 is 1.05 bits per heavy atom. The summed E-state index contributed by atoms with van der Waals surface area (Å²) in [6.07, 6.45) is 0.179. The molecule has 8 nitrogen and oxygen atoms in total. The second-order valence-electron chi connectivity index (χ2n) is 10.2. The fraction of sp³-hybridized carbons (Fsp3) is 0.379. The molecule has 0 unspecified atom stereocenters. The van der Waals surface area contributed by atoms with Gasteiger partial charge >= 0.3 is 0 Å². The molecule has 1 fully saturated rings. The van der Waals surface area contributed by atoms with Gasteiger partial charge in [0.1, 0.15) is 6.54 Å². The topological polar surface area (TPSA) is 85.8 Å². The zero-order valence-corrected chi connectivity index (χ0v) is 24.9. The number of hydrogen-bond acceptors (Lipinski definition) is 6. The van der Waals surface area contributed by atoms with E-state index in [-0.39, 0.29) is 47.2 Å². The third kappa shape index (κ3) is 8.51. The number of carbonyl (C=O) groups is 3. The minimum Gasteiger partial charge on any atom is -0.340 e. The van der Waals surface area contributed by atoms with E-state index in [9.17, 15) is 14.4 Å². The fourth-order valence-electron chi connectivity index (χ4n) is 4.53. The van der Waals surface area contributed by atoms with Crippen LogP contribution in [0.2, 0.25) is 10.0 Å². The van der Waals surface area contributed by atoms with Crippen molar-refractivity contribution in [3.8, 4) is 0 Å². The Morgan fingerprint density at radius 2 is 1.77 bits per heavy atom. The summed E-state index contributed by atoms with van der Waals surface area (Å²) in [5, 5.41) is 5.60. The summed E-state index contributed by atoms with van der Waals surface area (Å²) >= 11 is 13.5. The molecule has 1 aromatic heterocycles. The fourth-order valence-corrected chi connectivity index (χ4v) is 5.75. The van der Waals surface area contributed by atoms with Crippen LogP contribution in [0.1, 0.15) is 35.5 Å². The van der Waals surface area contributed by atoms with E-state index >= 15 is 0 Å². The van der Waals surface area contributed by atoms with Crippen LogP contribution in [0, 0.1) is 5.92 Å². The first-order valence-corrected chi connectivity index (χ1v) is 14.8. The van der Waals surface area contributed by atoms with Crippen LogP contribution in [0.5, 0.6) is 0 Å². The predicted molar refractivity (Wildman–Crippen MR) is 160 cm³/mol. The maximum Gasteiger partial charge on any atom is 0.255 e. The summed E-state index contributed by atoms with van der Waals surface area (Å²) < 4.78 is 0. The zero-order chi connectivity index (χ0) is 28.6. The van der Waals surface area contributed by atoms with Gasteiger partial charge in [-0.2, -0.15) is 0 Å². The quantitative estimate of drug-likeness (QED) is 0.350. The molecule has 2 aromatic carbocycles. The highest BCUT2D eigenvalue weighted by Crippen LogP contribution is 2.23. The maximum absolute atomic E-state index is 13.1. The van der Waals surface area contributed by atoms with Gasteiger partial charge in [-0.25, -0.2) is 4.98 Å². The van der Waals surface area contributed by atoms with Crippen molar-refractivity contribution in [1.82, 2.24) is 19.7 Å². The van der Waals surface area contributed by atoms with Gasteiger partial charge in [-0.05, 0) is 29.7 Å². The molecule has 0 spiro atoms. The van der Waals surface area contributed by atoms with Crippen LogP contribution >= 0.6 is 34.5 Å². The van der Waals surface area contributed by atoms with E-state index in [1.165, 1.54) is 27.9 Å². The normalized spacial score (nSPS) is 13.9. The van der Waals surface area contributed by atoms with Crippen molar-refractivity contribution >= 4 is 57.4 Å². The number of nitrogens with zero attached hydrogens (tertiary/aromatic N) is 4. The average molecular weight is 603 g/mol. The number of amides is 3. The summed E-state index contributed by atoms with van der Waals surface area (Å²) in [7, 11) is 0. The molecule has 40 heavy (non-hydrogen) atoms. The lowest BCUT2D eigenvalue weighted by Crippen LogP contribution is -2.48. The van der Waals surface area contributed by atoms with Crippen molar-refractivity contribution in [3.05, 3.63) is 80.8 Å². The van der Waals surface area contributed by atoms with Crippen molar-refractivity contribution in [1.29, 1.82) is 0 Å². The smallest absolute Gasteiger partial charge is 0.255 e. The third-order valence-corrected chi connectivity index (χ3v) is 7.83. The highest BCUT2D eigenvalue weighted by Gasteiger charge is 2.24. The van der Waals surface area contributed by atoms with Gasteiger partial charge in [-0.15, -0.1) is 11.3 Å². The number of anilines is 1. The molecule has 1 saturated heterocycles. The van der Waals surface area contributed by atoms with E-state index in [4.69, 9.17) is 23.2 Å². The van der Waals surface area contributed by atoms with Crippen LogP contribution in [-0.2, 0) is 22.6 Å². The standard InChI is InChI=1S/C29H33Cl2N5O3S/c1-20(2)16-36(28(39)24-9-8-22(30)14-25(24)31)18-26(37)33-29-32-23(19-40-29)15-27(38)35-12-10-34(11-13-35)17-21-6-4-3-5-7-21/h3-9,14,19-20H,10-13,15-18H2,1-2H3,(H,32,33,37). The highest BCUT2D eigenvalue weighted by atomic mass is 35.5. The van der Waals surface area contributed by atoms with Gasteiger partial charge in [-0.3, -0.25) is 19.3 Å². The molecule has 0 aliphatic carbocycles. The third-order valence-electron chi connectivity index (χ3n) is 6.47. The van der Waals surface area contributed by atoms with E-state index in [2.05, 4.69) is 27.3 Å². The molecule has 1 aliphatic heterocycles. The molecule has 3 amide bonds. The number of piperazine rings is 1. The molecule has 1 aliphatic rings. The number of rotatable bonds is 10. The van der Waals surface area contributed by atoms with Gasteiger partial charge in [0.15, 0.2) is 5.13 Å². The molecule has 0 saturated carbocycles. The molecule has 4 rings (SSSR count). The molecule has 0 radical (unpaired) electrons. The number of halogens is 2. The van der Waals surface area contributed by atoms with Crippen molar-refractivity contribution in [3.63, 3.8) is 0 Å². The summed E-state index contributed by atoms with van der Waals surface area (Å²) in [5.74, 6) is -0.558. The minimum absolute atomic E-state index is 0.0242. The lowest BCUT2D eigenvalue weighted by molar-refractivity contribution is -0.132. The Kier molecular flexibility index (Phi) is 10.6. The first kappa shape index (κ1) is 30.0. The number of nitrogens with one attached hydrogen (secondary N) is 1. The lowest BCUT2D eigenvalue weighted by atomic mass is 10.1. The van der Waals surface area contributed by atoms with Gasteiger partial charge in [0.2, 0.25) is 11.8 Å². The van der Waals surface area contributed by atoms with E-state index in [1.807, 2.05) is 36.9 Å². The largest absolute Gasteiger partial charge is 0.340 e. The van der Waals surface area contributed by atoms with E-state index in [1.54, 1.807) is 17.5 Å².